The molecule has 1 aromatic carbocycles. The Kier molecular flexibility index (Phi) is 4.73. The Balaban J connectivity index is 1.71. The maximum absolute atomic E-state index is 12.5. The number of benzene rings is 1. The van der Waals surface area contributed by atoms with Gasteiger partial charge in [0, 0.05) is 18.6 Å². The maximum Gasteiger partial charge on any atom is 0.318 e. The predicted molar refractivity (Wildman–Crippen MR) is 101 cm³/mol. The highest BCUT2D eigenvalue weighted by atomic mass is 16.2. The third kappa shape index (κ3) is 3.30. The molecular weight excluding hydrogens is 328 g/mol. The number of carbonyl (C=O) groups is 2. The number of nitrogens with two attached hydrogens (primary N) is 1. The summed E-state index contributed by atoms with van der Waals surface area (Å²) in [5.41, 5.74) is 5.80. The second-order valence-corrected chi connectivity index (χ2v) is 8.51. The van der Waals surface area contributed by atoms with Crippen LogP contribution in [0, 0.1) is 5.41 Å². The fourth-order valence-electron chi connectivity index (χ4n) is 4.34. The van der Waals surface area contributed by atoms with Gasteiger partial charge in [-0.3, -0.25) is 4.79 Å². The lowest BCUT2D eigenvalue weighted by atomic mass is 9.69. The van der Waals surface area contributed by atoms with Crippen LogP contribution in [-0.2, 0) is 10.3 Å². The lowest BCUT2D eigenvalue weighted by Gasteiger charge is -2.45. The van der Waals surface area contributed by atoms with Crippen LogP contribution in [0.4, 0.5) is 4.79 Å². The maximum atomic E-state index is 12.5. The Morgan fingerprint density at radius 3 is 2.38 bits per heavy atom. The molecule has 1 aliphatic heterocycles. The van der Waals surface area contributed by atoms with Crippen LogP contribution < -0.4 is 16.4 Å². The van der Waals surface area contributed by atoms with Crippen LogP contribution in [0.15, 0.2) is 30.3 Å². The molecule has 6 heteroatoms. The van der Waals surface area contributed by atoms with Crippen molar-refractivity contribution in [1.82, 2.24) is 15.5 Å². The minimum atomic E-state index is -0.726. The molecule has 1 saturated heterocycles. The van der Waals surface area contributed by atoms with Gasteiger partial charge in [0.05, 0.1) is 11.0 Å². The van der Waals surface area contributed by atoms with Crippen LogP contribution in [0.5, 0.6) is 0 Å². The number of nitrogens with one attached hydrogen (secondary N) is 2. The smallest absolute Gasteiger partial charge is 0.318 e. The SMILES string of the molecule is CN[C@]1(c2ccccc2)CC[C@@]2(CC1)CN(CC(C)(C)C(N)=O)C(=O)N2. The standard InChI is InChI=1S/C20H30N4O2/c1-18(2,16(21)25)13-24-14-19(23-17(24)26)9-11-20(22-3,12-10-19)15-7-5-4-6-8-15/h4-8,22H,9-14H2,1-3H3,(H2,21,25)(H,23,26)/t19-,20-. The van der Waals surface area contributed by atoms with Crippen molar-refractivity contribution in [2.24, 2.45) is 11.1 Å². The fourth-order valence-corrected chi connectivity index (χ4v) is 4.34. The Morgan fingerprint density at radius 1 is 1.23 bits per heavy atom. The number of primary amides is 1. The lowest BCUT2D eigenvalue weighted by Crippen LogP contribution is -2.53. The van der Waals surface area contributed by atoms with E-state index in [1.807, 2.05) is 13.1 Å². The Morgan fingerprint density at radius 2 is 1.85 bits per heavy atom. The van der Waals surface area contributed by atoms with Crippen LogP contribution in [0.3, 0.4) is 0 Å². The lowest BCUT2D eigenvalue weighted by molar-refractivity contribution is -0.126. The van der Waals surface area contributed by atoms with Gasteiger partial charge in [-0.25, -0.2) is 4.79 Å². The topological polar surface area (TPSA) is 87.5 Å². The van der Waals surface area contributed by atoms with Crippen LogP contribution in [0.1, 0.15) is 45.1 Å². The number of hydrogen-bond acceptors (Lipinski definition) is 3. The van der Waals surface area contributed by atoms with Crippen molar-refractivity contribution in [3.8, 4) is 0 Å². The van der Waals surface area contributed by atoms with Gasteiger partial charge in [-0.1, -0.05) is 30.3 Å². The zero-order valence-electron chi connectivity index (χ0n) is 16.0. The summed E-state index contributed by atoms with van der Waals surface area (Å²) in [5.74, 6) is -0.381. The Labute approximate surface area is 155 Å². The molecule has 1 aromatic rings. The van der Waals surface area contributed by atoms with Gasteiger partial charge in [0.25, 0.3) is 0 Å². The molecule has 0 unspecified atom stereocenters. The molecule has 0 radical (unpaired) electrons. The van der Waals surface area contributed by atoms with Crippen LogP contribution in [0.25, 0.3) is 0 Å². The average Bonchev–Trinajstić information content (AvgIpc) is 2.91. The molecule has 0 atom stereocenters. The van der Waals surface area contributed by atoms with Gasteiger partial charge in [0.2, 0.25) is 5.91 Å². The Hall–Kier alpha value is -2.08. The molecule has 1 spiro atoms. The summed E-state index contributed by atoms with van der Waals surface area (Å²) in [6.45, 7) is 4.56. The molecule has 26 heavy (non-hydrogen) atoms. The van der Waals surface area contributed by atoms with E-state index >= 15 is 0 Å². The predicted octanol–water partition coefficient (Wildman–Crippen LogP) is 1.95. The molecule has 2 fully saturated rings. The van der Waals surface area contributed by atoms with Crippen molar-refractivity contribution in [2.75, 3.05) is 20.1 Å². The van der Waals surface area contributed by atoms with Gasteiger partial charge < -0.3 is 21.3 Å². The van der Waals surface area contributed by atoms with E-state index in [1.165, 1.54) is 5.56 Å². The molecule has 2 aliphatic rings. The summed E-state index contributed by atoms with van der Waals surface area (Å²) in [6.07, 6.45) is 3.73. The largest absolute Gasteiger partial charge is 0.369 e. The van der Waals surface area contributed by atoms with Gasteiger partial charge >= 0.3 is 6.03 Å². The summed E-state index contributed by atoms with van der Waals surface area (Å²) >= 11 is 0. The zero-order chi connectivity index (χ0) is 19.0. The first-order valence-electron chi connectivity index (χ1n) is 9.33. The molecule has 1 heterocycles. The van der Waals surface area contributed by atoms with Crippen molar-refractivity contribution >= 4 is 11.9 Å². The normalized spacial score (nSPS) is 29.0. The average molecular weight is 358 g/mol. The second-order valence-electron chi connectivity index (χ2n) is 8.51. The first-order chi connectivity index (χ1) is 12.2. The molecule has 0 bridgehead atoms. The summed E-state index contributed by atoms with van der Waals surface area (Å²) in [5, 5.41) is 6.73. The van der Waals surface area contributed by atoms with Gasteiger partial charge in [0.15, 0.2) is 0 Å². The number of nitrogens with zero attached hydrogens (tertiary/aromatic N) is 1. The number of rotatable bonds is 5. The van der Waals surface area contributed by atoms with E-state index in [9.17, 15) is 9.59 Å². The van der Waals surface area contributed by atoms with E-state index in [0.717, 1.165) is 25.7 Å². The summed E-state index contributed by atoms with van der Waals surface area (Å²) in [4.78, 5) is 25.9. The fraction of sp³-hybridized carbons (Fsp3) is 0.600. The molecule has 3 rings (SSSR count). The molecule has 1 aliphatic carbocycles. The second kappa shape index (κ2) is 6.58. The number of carbonyl (C=O) groups excluding carboxylic acids is 2. The Bertz CT molecular complexity index is 678. The monoisotopic (exact) mass is 358 g/mol. The van der Waals surface area contributed by atoms with Crippen molar-refractivity contribution in [3.63, 3.8) is 0 Å². The summed E-state index contributed by atoms with van der Waals surface area (Å²) in [6, 6.07) is 10.4. The minimum absolute atomic E-state index is 0.0445. The third-order valence-corrected chi connectivity index (χ3v) is 6.27. The summed E-state index contributed by atoms with van der Waals surface area (Å²) in [7, 11) is 2.01. The van der Waals surface area contributed by atoms with Crippen LogP contribution >= 0.6 is 0 Å². The van der Waals surface area contributed by atoms with E-state index in [4.69, 9.17) is 5.73 Å². The molecule has 142 valence electrons. The quantitative estimate of drug-likeness (QED) is 0.752. The van der Waals surface area contributed by atoms with Crippen molar-refractivity contribution < 1.29 is 9.59 Å². The number of hydrogen-bond donors (Lipinski definition) is 3. The minimum Gasteiger partial charge on any atom is -0.369 e. The molecule has 4 N–H and O–H groups in total. The third-order valence-electron chi connectivity index (χ3n) is 6.27. The molecule has 1 saturated carbocycles. The number of urea groups is 1. The molecule has 6 nitrogen and oxygen atoms in total. The van der Waals surface area contributed by atoms with E-state index in [0.29, 0.717) is 13.1 Å². The first kappa shape index (κ1) is 18.7. The highest BCUT2D eigenvalue weighted by Crippen LogP contribution is 2.43. The number of amides is 3. The van der Waals surface area contributed by atoms with E-state index in [1.54, 1.807) is 18.7 Å². The van der Waals surface area contributed by atoms with Crippen molar-refractivity contribution in [1.29, 1.82) is 0 Å². The molecule has 3 amide bonds. The van der Waals surface area contributed by atoms with E-state index in [2.05, 4.69) is 34.9 Å². The van der Waals surface area contributed by atoms with Gasteiger partial charge in [0.1, 0.15) is 0 Å². The zero-order valence-corrected chi connectivity index (χ0v) is 16.0. The van der Waals surface area contributed by atoms with Crippen LogP contribution in [-0.4, -0.2) is 42.5 Å². The summed E-state index contributed by atoms with van der Waals surface area (Å²) < 4.78 is 0. The van der Waals surface area contributed by atoms with Crippen molar-refractivity contribution in [2.45, 2.75) is 50.6 Å². The molecular formula is C20H30N4O2. The van der Waals surface area contributed by atoms with Gasteiger partial charge in [-0.05, 0) is 52.1 Å². The van der Waals surface area contributed by atoms with Crippen LogP contribution in [0.2, 0.25) is 0 Å². The van der Waals surface area contributed by atoms with Gasteiger partial charge in [-0.2, -0.15) is 0 Å². The highest BCUT2D eigenvalue weighted by molar-refractivity contribution is 5.82. The van der Waals surface area contributed by atoms with E-state index in [-0.39, 0.29) is 23.0 Å². The van der Waals surface area contributed by atoms with Gasteiger partial charge in [-0.15, -0.1) is 0 Å². The molecule has 0 aromatic heterocycles. The van der Waals surface area contributed by atoms with E-state index < -0.39 is 5.41 Å². The first-order valence-corrected chi connectivity index (χ1v) is 9.33. The van der Waals surface area contributed by atoms with Crippen molar-refractivity contribution in [3.05, 3.63) is 35.9 Å². The highest BCUT2D eigenvalue weighted by Gasteiger charge is 2.49.